The molecule has 0 saturated heterocycles. The largest absolute Gasteiger partial charge is 0.338 e. The van der Waals surface area contributed by atoms with E-state index in [-0.39, 0.29) is 17.9 Å². The molecule has 0 spiro atoms. The molecule has 1 amide bonds. The van der Waals surface area contributed by atoms with Crippen LogP contribution in [0.25, 0.3) is 10.9 Å². The number of benzene rings is 1. The van der Waals surface area contributed by atoms with Gasteiger partial charge in [-0.2, -0.15) is 0 Å². The van der Waals surface area contributed by atoms with Crippen LogP contribution in [0, 0.1) is 12.3 Å². The van der Waals surface area contributed by atoms with Gasteiger partial charge in [-0.15, -0.1) is 6.42 Å². The van der Waals surface area contributed by atoms with E-state index in [0.29, 0.717) is 10.9 Å². The Morgan fingerprint density at radius 3 is 3.00 bits per heavy atom. The molecular weight excluding hydrogens is 218 g/mol. The van der Waals surface area contributed by atoms with Gasteiger partial charge in [0.2, 0.25) is 0 Å². The summed E-state index contributed by atoms with van der Waals surface area (Å²) in [6, 6.07) is 6.79. The van der Waals surface area contributed by atoms with Crippen LogP contribution < -0.4 is 10.9 Å². The minimum absolute atomic E-state index is 0.0380. The Morgan fingerprint density at radius 1 is 1.47 bits per heavy atom. The van der Waals surface area contributed by atoms with Crippen molar-refractivity contribution in [3.63, 3.8) is 0 Å². The monoisotopic (exact) mass is 227 g/mol. The third-order valence-corrected chi connectivity index (χ3v) is 2.18. The summed E-state index contributed by atoms with van der Waals surface area (Å²) in [5.74, 6) is 1.74. The van der Waals surface area contributed by atoms with Gasteiger partial charge < -0.3 is 10.3 Å². The molecule has 2 rings (SSSR count). The van der Waals surface area contributed by atoms with Crippen LogP contribution >= 0.6 is 0 Å². The van der Waals surface area contributed by atoms with E-state index in [1.807, 2.05) is 0 Å². The van der Waals surface area contributed by atoms with Crippen molar-refractivity contribution in [1.29, 1.82) is 0 Å². The fraction of sp³-hybridized carbons (Fsp3) is 0.0833. The lowest BCUT2D eigenvalue weighted by atomic mass is 10.2. The first-order chi connectivity index (χ1) is 8.22. The third-order valence-electron chi connectivity index (χ3n) is 2.18. The van der Waals surface area contributed by atoms with Crippen molar-refractivity contribution in [2.45, 2.75) is 0 Å². The van der Waals surface area contributed by atoms with E-state index in [1.54, 1.807) is 24.3 Å². The summed E-state index contributed by atoms with van der Waals surface area (Å²) < 4.78 is 0. The van der Waals surface area contributed by atoms with Gasteiger partial charge in [-0.25, -0.2) is 4.98 Å². The van der Waals surface area contributed by atoms with E-state index < -0.39 is 5.91 Å². The van der Waals surface area contributed by atoms with Crippen LogP contribution in [0.15, 0.2) is 29.1 Å². The molecule has 1 aromatic heterocycles. The van der Waals surface area contributed by atoms with Gasteiger partial charge in [-0.05, 0) is 12.1 Å². The molecule has 0 unspecified atom stereocenters. The van der Waals surface area contributed by atoms with Gasteiger partial charge in [-0.1, -0.05) is 18.1 Å². The number of carbonyl (C=O) groups is 1. The molecule has 17 heavy (non-hydrogen) atoms. The number of H-pyrrole nitrogens is 1. The van der Waals surface area contributed by atoms with Crippen LogP contribution in [0.3, 0.4) is 0 Å². The number of carbonyl (C=O) groups excluding carboxylic acids is 1. The number of hydrogen-bond donors (Lipinski definition) is 2. The minimum atomic E-state index is -0.495. The Bertz CT molecular complexity index is 667. The molecule has 0 bridgehead atoms. The topological polar surface area (TPSA) is 74.8 Å². The Morgan fingerprint density at radius 2 is 2.24 bits per heavy atom. The van der Waals surface area contributed by atoms with Crippen LogP contribution in [0.5, 0.6) is 0 Å². The SMILES string of the molecule is C#CCNC(=O)c1nc2ccccc2c(=O)[nH]1. The third kappa shape index (κ3) is 2.16. The van der Waals surface area contributed by atoms with Crippen LogP contribution in [0.2, 0.25) is 0 Å². The number of rotatable bonds is 2. The summed E-state index contributed by atoms with van der Waals surface area (Å²) in [7, 11) is 0. The average molecular weight is 227 g/mol. The second kappa shape index (κ2) is 4.49. The minimum Gasteiger partial charge on any atom is -0.338 e. The van der Waals surface area contributed by atoms with Crippen LogP contribution in [-0.4, -0.2) is 22.4 Å². The quantitative estimate of drug-likeness (QED) is 0.724. The number of para-hydroxylation sites is 1. The summed E-state index contributed by atoms with van der Waals surface area (Å²) in [5, 5.41) is 2.88. The summed E-state index contributed by atoms with van der Waals surface area (Å²) in [6.07, 6.45) is 5.02. The predicted octanol–water partition coefficient (Wildman–Crippen LogP) is 0.286. The van der Waals surface area contributed by atoms with E-state index in [9.17, 15) is 9.59 Å². The molecule has 1 heterocycles. The van der Waals surface area contributed by atoms with E-state index in [2.05, 4.69) is 21.2 Å². The first-order valence-corrected chi connectivity index (χ1v) is 4.93. The number of hydrogen-bond acceptors (Lipinski definition) is 3. The standard InChI is InChI=1S/C12H9N3O2/c1-2-7-13-12(17)10-14-9-6-4-3-5-8(9)11(16)15-10/h1,3-6H,7H2,(H,13,17)(H,14,15,16). The lowest BCUT2D eigenvalue weighted by Gasteiger charge is -2.02. The highest BCUT2D eigenvalue weighted by Crippen LogP contribution is 2.05. The van der Waals surface area contributed by atoms with E-state index in [1.165, 1.54) is 0 Å². The number of fused-ring (bicyclic) bond motifs is 1. The van der Waals surface area contributed by atoms with E-state index in [0.717, 1.165) is 0 Å². The maximum Gasteiger partial charge on any atom is 0.287 e. The van der Waals surface area contributed by atoms with Crippen molar-refractivity contribution >= 4 is 16.8 Å². The summed E-state index contributed by atoms with van der Waals surface area (Å²) in [4.78, 5) is 29.7. The first-order valence-electron chi connectivity index (χ1n) is 4.93. The molecule has 0 aliphatic carbocycles. The Hall–Kier alpha value is -2.61. The number of nitrogens with one attached hydrogen (secondary N) is 2. The Labute approximate surface area is 96.9 Å². The summed E-state index contributed by atoms with van der Waals surface area (Å²) in [5.41, 5.74) is 0.128. The molecule has 1 aromatic carbocycles. The lowest BCUT2D eigenvalue weighted by Crippen LogP contribution is -2.28. The Balaban J connectivity index is 2.47. The molecule has 0 fully saturated rings. The van der Waals surface area contributed by atoms with Gasteiger partial charge in [0.1, 0.15) is 0 Å². The van der Waals surface area contributed by atoms with Crippen LogP contribution in [-0.2, 0) is 0 Å². The van der Waals surface area contributed by atoms with Crippen molar-refractivity contribution in [3.8, 4) is 12.3 Å². The second-order valence-electron chi connectivity index (χ2n) is 3.32. The smallest absolute Gasteiger partial charge is 0.287 e. The molecule has 5 nitrogen and oxygen atoms in total. The highest BCUT2D eigenvalue weighted by Gasteiger charge is 2.09. The molecular formula is C12H9N3O2. The number of amides is 1. The second-order valence-corrected chi connectivity index (χ2v) is 3.32. The maximum absolute atomic E-state index is 11.7. The number of aromatic nitrogens is 2. The van der Waals surface area contributed by atoms with Crippen molar-refractivity contribution < 1.29 is 4.79 Å². The highest BCUT2D eigenvalue weighted by molar-refractivity contribution is 5.92. The zero-order valence-corrected chi connectivity index (χ0v) is 8.86. The predicted molar refractivity (Wildman–Crippen MR) is 63.5 cm³/mol. The molecule has 0 saturated carbocycles. The van der Waals surface area contributed by atoms with Crippen molar-refractivity contribution in [2.75, 3.05) is 6.54 Å². The van der Waals surface area contributed by atoms with Crippen molar-refractivity contribution in [2.24, 2.45) is 0 Å². The summed E-state index contributed by atoms with van der Waals surface area (Å²) in [6.45, 7) is 0.0926. The van der Waals surface area contributed by atoms with Gasteiger partial charge in [0.25, 0.3) is 11.5 Å². The number of aromatic amines is 1. The maximum atomic E-state index is 11.7. The fourth-order valence-corrected chi connectivity index (χ4v) is 1.41. The van der Waals surface area contributed by atoms with Gasteiger partial charge in [0, 0.05) is 0 Å². The molecule has 84 valence electrons. The Kier molecular flexibility index (Phi) is 2.88. The van der Waals surface area contributed by atoms with Gasteiger partial charge in [-0.3, -0.25) is 9.59 Å². The van der Waals surface area contributed by atoms with Crippen LogP contribution in [0.4, 0.5) is 0 Å². The molecule has 0 radical (unpaired) electrons. The lowest BCUT2D eigenvalue weighted by molar-refractivity contribution is 0.0948. The molecule has 2 N–H and O–H groups in total. The summed E-state index contributed by atoms with van der Waals surface area (Å²) >= 11 is 0. The molecule has 0 aliphatic rings. The van der Waals surface area contributed by atoms with Crippen molar-refractivity contribution in [3.05, 3.63) is 40.4 Å². The van der Waals surface area contributed by atoms with E-state index in [4.69, 9.17) is 6.42 Å². The molecule has 2 aromatic rings. The van der Waals surface area contributed by atoms with Gasteiger partial charge in [0.15, 0.2) is 5.82 Å². The number of nitrogens with zero attached hydrogens (tertiary/aromatic N) is 1. The fourth-order valence-electron chi connectivity index (χ4n) is 1.41. The molecule has 5 heteroatoms. The van der Waals surface area contributed by atoms with Gasteiger partial charge >= 0.3 is 0 Å². The normalized spacial score (nSPS) is 9.82. The zero-order chi connectivity index (χ0) is 12.3. The average Bonchev–Trinajstić information content (AvgIpc) is 2.36. The van der Waals surface area contributed by atoms with Gasteiger partial charge in [0.05, 0.1) is 17.4 Å². The highest BCUT2D eigenvalue weighted by atomic mass is 16.2. The van der Waals surface area contributed by atoms with Crippen molar-refractivity contribution in [1.82, 2.24) is 15.3 Å². The first kappa shape index (κ1) is 10.9. The molecule has 0 aliphatic heterocycles. The molecule has 0 atom stereocenters. The van der Waals surface area contributed by atoms with Crippen LogP contribution in [0.1, 0.15) is 10.6 Å². The number of terminal acetylenes is 1. The van der Waals surface area contributed by atoms with E-state index >= 15 is 0 Å². The zero-order valence-electron chi connectivity index (χ0n) is 8.86.